The SMILES string of the molecule is O=Cc1c(Cl)nc2ncccn12. The summed E-state index contributed by atoms with van der Waals surface area (Å²) in [6.07, 6.45) is 3.93. The second-order valence-corrected chi connectivity index (χ2v) is 2.55. The van der Waals surface area contributed by atoms with Gasteiger partial charge < -0.3 is 0 Å². The van der Waals surface area contributed by atoms with Crippen LogP contribution in [-0.2, 0) is 0 Å². The fourth-order valence-corrected chi connectivity index (χ4v) is 1.19. The van der Waals surface area contributed by atoms with Gasteiger partial charge in [0.1, 0.15) is 5.69 Å². The quantitative estimate of drug-likeness (QED) is 0.621. The topological polar surface area (TPSA) is 47.3 Å². The van der Waals surface area contributed by atoms with Crippen molar-refractivity contribution in [3.05, 3.63) is 29.3 Å². The number of carbonyl (C=O) groups is 1. The van der Waals surface area contributed by atoms with Gasteiger partial charge in [0.25, 0.3) is 0 Å². The Labute approximate surface area is 72.8 Å². The molecule has 2 heterocycles. The average molecular weight is 182 g/mol. The predicted molar refractivity (Wildman–Crippen MR) is 43.4 cm³/mol. The first-order valence-corrected chi connectivity index (χ1v) is 3.64. The zero-order chi connectivity index (χ0) is 8.55. The van der Waals surface area contributed by atoms with Crippen LogP contribution in [0.5, 0.6) is 0 Å². The van der Waals surface area contributed by atoms with E-state index in [1.165, 1.54) is 4.40 Å². The molecule has 0 saturated heterocycles. The molecule has 0 aromatic carbocycles. The van der Waals surface area contributed by atoms with Crippen LogP contribution >= 0.6 is 11.6 Å². The molecule has 0 spiro atoms. The summed E-state index contributed by atoms with van der Waals surface area (Å²) in [7, 11) is 0. The molecule has 0 amide bonds. The molecule has 0 saturated carbocycles. The Hall–Kier alpha value is -1.42. The molecule has 0 unspecified atom stereocenters. The number of nitrogens with zero attached hydrogens (tertiary/aromatic N) is 3. The number of hydrogen-bond donors (Lipinski definition) is 0. The Morgan fingerprint density at radius 2 is 2.42 bits per heavy atom. The lowest BCUT2D eigenvalue weighted by molar-refractivity contribution is 0.111. The smallest absolute Gasteiger partial charge is 0.235 e. The minimum Gasteiger partial charge on any atom is -0.296 e. The summed E-state index contributed by atoms with van der Waals surface area (Å²) in [5.41, 5.74) is 0.333. The normalized spacial score (nSPS) is 10.4. The first-order chi connectivity index (χ1) is 5.83. The molecule has 2 aromatic heterocycles. The van der Waals surface area contributed by atoms with Gasteiger partial charge in [-0.2, -0.15) is 4.98 Å². The van der Waals surface area contributed by atoms with Gasteiger partial charge in [-0.15, -0.1) is 0 Å². The molecule has 0 N–H and O–H groups in total. The van der Waals surface area contributed by atoms with E-state index in [0.717, 1.165) is 0 Å². The molecular weight excluding hydrogens is 178 g/mol. The largest absolute Gasteiger partial charge is 0.296 e. The van der Waals surface area contributed by atoms with E-state index in [4.69, 9.17) is 11.6 Å². The van der Waals surface area contributed by atoms with Crippen LogP contribution in [0.1, 0.15) is 10.5 Å². The molecule has 5 heteroatoms. The summed E-state index contributed by atoms with van der Waals surface area (Å²) < 4.78 is 1.54. The van der Waals surface area contributed by atoms with Gasteiger partial charge in [0, 0.05) is 12.4 Å². The van der Waals surface area contributed by atoms with Gasteiger partial charge in [0.15, 0.2) is 11.4 Å². The van der Waals surface area contributed by atoms with Crippen LogP contribution in [0.3, 0.4) is 0 Å². The van der Waals surface area contributed by atoms with Gasteiger partial charge in [0.2, 0.25) is 5.78 Å². The lowest BCUT2D eigenvalue weighted by atomic mass is 10.5. The molecule has 0 fully saturated rings. The highest BCUT2D eigenvalue weighted by Crippen LogP contribution is 2.13. The Kier molecular flexibility index (Phi) is 1.55. The van der Waals surface area contributed by atoms with Crippen LogP contribution in [0.4, 0.5) is 0 Å². The van der Waals surface area contributed by atoms with E-state index in [1.54, 1.807) is 18.5 Å². The molecule has 0 radical (unpaired) electrons. The molecule has 2 rings (SSSR count). The maximum absolute atomic E-state index is 10.5. The fourth-order valence-electron chi connectivity index (χ4n) is 0.984. The summed E-state index contributed by atoms with van der Waals surface area (Å²) >= 11 is 5.66. The molecule has 0 atom stereocenters. The van der Waals surface area contributed by atoms with Crippen LogP contribution < -0.4 is 0 Å². The minimum absolute atomic E-state index is 0.184. The van der Waals surface area contributed by atoms with Gasteiger partial charge in [-0.1, -0.05) is 11.6 Å². The maximum atomic E-state index is 10.5. The fraction of sp³-hybridized carbons (Fsp3) is 0. The van der Waals surface area contributed by atoms with Crippen molar-refractivity contribution in [1.29, 1.82) is 0 Å². The molecule has 12 heavy (non-hydrogen) atoms. The van der Waals surface area contributed by atoms with E-state index in [-0.39, 0.29) is 5.15 Å². The molecule has 60 valence electrons. The van der Waals surface area contributed by atoms with Gasteiger partial charge in [-0.05, 0) is 6.07 Å². The number of aromatic nitrogens is 3. The monoisotopic (exact) mass is 181 g/mol. The van der Waals surface area contributed by atoms with Crippen LogP contribution in [0.25, 0.3) is 5.78 Å². The highest BCUT2D eigenvalue weighted by molar-refractivity contribution is 6.31. The Morgan fingerprint density at radius 3 is 3.17 bits per heavy atom. The highest BCUT2D eigenvalue weighted by Gasteiger charge is 2.08. The first kappa shape index (κ1) is 7.24. The standard InChI is InChI=1S/C7H4ClN3O/c8-6-5(4-12)11-3-1-2-9-7(11)10-6/h1-4H. The summed E-state index contributed by atoms with van der Waals surface area (Å²) in [5, 5.41) is 0.184. The molecule has 0 aliphatic rings. The van der Waals surface area contributed by atoms with Crippen LogP contribution in [0, 0.1) is 0 Å². The average Bonchev–Trinajstić information content (AvgIpc) is 2.40. The van der Waals surface area contributed by atoms with E-state index < -0.39 is 0 Å². The molecular formula is C7H4ClN3O. The van der Waals surface area contributed by atoms with Crippen LogP contribution in [0.2, 0.25) is 5.15 Å². The van der Waals surface area contributed by atoms with Gasteiger partial charge in [0.05, 0.1) is 0 Å². The van der Waals surface area contributed by atoms with E-state index in [0.29, 0.717) is 17.8 Å². The molecule has 0 aliphatic heterocycles. The van der Waals surface area contributed by atoms with Crippen molar-refractivity contribution < 1.29 is 4.79 Å². The number of rotatable bonds is 1. The third-order valence-electron chi connectivity index (χ3n) is 1.51. The summed E-state index contributed by atoms with van der Waals surface area (Å²) in [6, 6.07) is 1.71. The Balaban J connectivity index is 2.90. The van der Waals surface area contributed by atoms with Crippen molar-refractivity contribution in [3.63, 3.8) is 0 Å². The van der Waals surface area contributed by atoms with Crippen molar-refractivity contribution in [3.8, 4) is 0 Å². The van der Waals surface area contributed by atoms with Crippen LogP contribution in [0.15, 0.2) is 18.5 Å². The van der Waals surface area contributed by atoms with Crippen molar-refractivity contribution >= 4 is 23.7 Å². The van der Waals surface area contributed by atoms with Crippen molar-refractivity contribution in [2.75, 3.05) is 0 Å². The van der Waals surface area contributed by atoms with E-state index in [2.05, 4.69) is 9.97 Å². The van der Waals surface area contributed by atoms with E-state index in [9.17, 15) is 4.79 Å². The maximum Gasteiger partial charge on any atom is 0.235 e. The van der Waals surface area contributed by atoms with Crippen molar-refractivity contribution in [2.24, 2.45) is 0 Å². The molecule has 2 aromatic rings. The number of aldehydes is 1. The first-order valence-electron chi connectivity index (χ1n) is 3.26. The van der Waals surface area contributed by atoms with Crippen molar-refractivity contribution in [2.45, 2.75) is 0 Å². The zero-order valence-corrected chi connectivity index (χ0v) is 6.69. The van der Waals surface area contributed by atoms with Gasteiger partial charge in [-0.25, -0.2) is 4.98 Å². The highest BCUT2D eigenvalue weighted by atomic mass is 35.5. The molecule has 0 aliphatic carbocycles. The Bertz CT molecular complexity index is 437. The zero-order valence-electron chi connectivity index (χ0n) is 5.94. The van der Waals surface area contributed by atoms with Crippen molar-refractivity contribution in [1.82, 2.24) is 14.4 Å². The third-order valence-corrected chi connectivity index (χ3v) is 1.79. The Morgan fingerprint density at radius 1 is 1.58 bits per heavy atom. The van der Waals surface area contributed by atoms with Gasteiger partial charge in [-0.3, -0.25) is 9.20 Å². The second kappa shape index (κ2) is 2.57. The molecule has 4 nitrogen and oxygen atoms in total. The van der Waals surface area contributed by atoms with Gasteiger partial charge >= 0.3 is 0 Å². The summed E-state index contributed by atoms with van der Waals surface area (Å²) in [6.45, 7) is 0. The van der Waals surface area contributed by atoms with E-state index >= 15 is 0 Å². The molecule has 0 bridgehead atoms. The number of halogens is 1. The number of carbonyl (C=O) groups excluding carboxylic acids is 1. The lowest BCUT2D eigenvalue weighted by Crippen LogP contribution is -1.91. The number of imidazole rings is 1. The number of hydrogen-bond acceptors (Lipinski definition) is 3. The third kappa shape index (κ3) is 0.887. The summed E-state index contributed by atoms with van der Waals surface area (Å²) in [4.78, 5) is 18.3. The lowest BCUT2D eigenvalue weighted by Gasteiger charge is -1.90. The minimum atomic E-state index is 0.184. The second-order valence-electron chi connectivity index (χ2n) is 2.20. The summed E-state index contributed by atoms with van der Waals surface area (Å²) in [5.74, 6) is 0.435. The predicted octanol–water partition coefficient (Wildman–Crippen LogP) is 1.20. The van der Waals surface area contributed by atoms with Crippen LogP contribution in [-0.4, -0.2) is 20.7 Å². The van der Waals surface area contributed by atoms with E-state index in [1.807, 2.05) is 0 Å². The number of fused-ring (bicyclic) bond motifs is 1.